The number of hydrogen-bond donors (Lipinski definition) is 0. The molecule has 2 rings (SSSR count). The van der Waals surface area contributed by atoms with Gasteiger partial charge >= 0.3 is 0 Å². The van der Waals surface area contributed by atoms with E-state index in [0.717, 1.165) is 17.7 Å². The molecule has 1 aromatic heterocycles. The molecule has 0 spiro atoms. The molecule has 1 unspecified atom stereocenters. The van der Waals surface area contributed by atoms with Gasteiger partial charge in [-0.1, -0.05) is 34.1 Å². The molecular formula is C13H10Br2FN. The van der Waals surface area contributed by atoms with Crippen LogP contribution in [0.2, 0.25) is 0 Å². The lowest BCUT2D eigenvalue weighted by Crippen LogP contribution is -1.99. The van der Waals surface area contributed by atoms with Crippen LogP contribution in [0.25, 0.3) is 0 Å². The number of benzene rings is 1. The predicted octanol–water partition coefficient (Wildman–Crippen LogP) is 4.66. The summed E-state index contributed by atoms with van der Waals surface area (Å²) in [5, 5.41) is 0. The molecule has 0 aliphatic heterocycles. The molecule has 0 saturated heterocycles. The lowest BCUT2D eigenvalue weighted by Gasteiger charge is -2.12. The Labute approximate surface area is 116 Å². The van der Waals surface area contributed by atoms with Crippen molar-refractivity contribution in [2.45, 2.75) is 11.2 Å². The smallest absolute Gasteiger partial charge is 0.137 e. The van der Waals surface area contributed by atoms with E-state index in [9.17, 15) is 4.39 Å². The van der Waals surface area contributed by atoms with E-state index < -0.39 is 0 Å². The summed E-state index contributed by atoms with van der Waals surface area (Å²) in [5.74, 6) is -0.243. The van der Waals surface area contributed by atoms with Crippen molar-refractivity contribution in [3.63, 3.8) is 0 Å². The van der Waals surface area contributed by atoms with Crippen LogP contribution in [0.5, 0.6) is 0 Å². The molecule has 0 aliphatic rings. The van der Waals surface area contributed by atoms with E-state index >= 15 is 0 Å². The van der Waals surface area contributed by atoms with Gasteiger partial charge in [0, 0.05) is 23.1 Å². The Hall–Kier alpha value is -0.740. The summed E-state index contributed by atoms with van der Waals surface area (Å²) in [4.78, 5) is 4.30. The zero-order valence-corrected chi connectivity index (χ0v) is 12.1. The topological polar surface area (TPSA) is 12.9 Å². The average Bonchev–Trinajstić information content (AvgIpc) is 2.34. The van der Waals surface area contributed by atoms with Crippen LogP contribution in [0.4, 0.5) is 4.39 Å². The molecule has 2 aromatic rings. The molecule has 88 valence electrons. The molecule has 0 aliphatic carbocycles. The van der Waals surface area contributed by atoms with Crippen LogP contribution < -0.4 is 0 Å². The van der Waals surface area contributed by atoms with Crippen LogP contribution in [0.15, 0.2) is 47.1 Å². The Bertz CT molecular complexity index is 502. The first-order valence-corrected chi connectivity index (χ1v) is 6.87. The molecular weight excluding hydrogens is 349 g/mol. The Morgan fingerprint density at radius 1 is 1.18 bits per heavy atom. The van der Waals surface area contributed by atoms with Gasteiger partial charge in [-0.15, -0.1) is 0 Å². The monoisotopic (exact) mass is 357 g/mol. The molecule has 0 N–H and O–H groups in total. The summed E-state index contributed by atoms with van der Waals surface area (Å²) in [6, 6.07) is 10.8. The zero-order chi connectivity index (χ0) is 12.3. The van der Waals surface area contributed by atoms with Crippen molar-refractivity contribution in [1.82, 2.24) is 4.98 Å². The van der Waals surface area contributed by atoms with Crippen molar-refractivity contribution in [2.24, 2.45) is 0 Å². The van der Waals surface area contributed by atoms with Crippen LogP contribution in [0, 0.1) is 5.82 Å². The molecule has 0 fully saturated rings. The van der Waals surface area contributed by atoms with Gasteiger partial charge < -0.3 is 0 Å². The molecule has 1 heterocycles. The maximum absolute atomic E-state index is 13.4. The number of pyridine rings is 1. The second-order valence-corrected chi connectivity index (χ2v) is 5.53. The number of rotatable bonds is 3. The number of nitrogens with zero attached hydrogens (tertiary/aromatic N) is 1. The lowest BCUT2D eigenvalue weighted by molar-refractivity contribution is 0.617. The second-order valence-electron chi connectivity index (χ2n) is 3.64. The molecule has 0 saturated carbocycles. The third kappa shape index (κ3) is 3.13. The molecule has 0 bridgehead atoms. The predicted molar refractivity (Wildman–Crippen MR) is 73.7 cm³/mol. The maximum Gasteiger partial charge on any atom is 0.137 e. The van der Waals surface area contributed by atoms with Gasteiger partial charge in [-0.3, -0.25) is 4.98 Å². The van der Waals surface area contributed by atoms with Crippen LogP contribution in [-0.4, -0.2) is 4.98 Å². The van der Waals surface area contributed by atoms with Crippen LogP contribution in [-0.2, 0) is 6.42 Å². The first-order valence-electron chi connectivity index (χ1n) is 5.16. The third-order valence-electron chi connectivity index (χ3n) is 2.43. The van der Waals surface area contributed by atoms with E-state index in [2.05, 4.69) is 36.8 Å². The summed E-state index contributed by atoms with van der Waals surface area (Å²) in [6.45, 7) is 0. The van der Waals surface area contributed by atoms with Gasteiger partial charge in [0.15, 0.2) is 0 Å². The summed E-state index contributed by atoms with van der Waals surface area (Å²) >= 11 is 6.84. The maximum atomic E-state index is 13.4. The Morgan fingerprint density at radius 3 is 2.71 bits per heavy atom. The fourth-order valence-electron chi connectivity index (χ4n) is 1.57. The minimum atomic E-state index is -0.243. The molecule has 0 radical (unpaired) electrons. The molecule has 17 heavy (non-hydrogen) atoms. The Balaban J connectivity index is 2.20. The van der Waals surface area contributed by atoms with Gasteiger partial charge in [0.25, 0.3) is 0 Å². The second kappa shape index (κ2) is 5.74. The van der Waals surface area contributed by atoms with E-state index in [0.29, 0.717) is 4.47 Å². The normalized spacial score (nSPS) is 12.4. The Morgan fingerprint density at radius 2 is 2.00 bits per heavy atom. The Kier molecular flexibility index (Phi) is 4.29. The third-order valence-corrected chi connectivity index (χ3v) is 4.09. The van der Waals surface area contributed by atoms with Crippen molar-refractivity contribution in [1.29, 1.82) is 0 Å². The van der Waals surface area contributed by atoms with Gasteiger partial charge in [0.2, 0.25) is 0 Å². The summed E-state index contributed by atoms with van der Waals surface area (Å²) in [7, 11) is 0. The summed E-state index contributed by atoms with van der Waals surface area (Å²) < 4.78 is 13.9. The molecule has 1 aromatic carbocycles. The summed E-state index contributed by atoms with van der Waals surface area (Å²) in [5.41, 5.74) is 1.88. The van der Waals surface area contributed by atoms with E-state index in [1.54, 1.807) is 12.3 Å². The van der Waals surface area contributed by atoms with Crippen LogP contribution in [0.3, 0.4) is 0 Å². The van der Waals surface area contributed by atoms with Gasteiger partial charge in [-0.05, 0) is 39.7 Å². The first kappa shape index (κ1) is 12.7. The highest BCUT2D eigenvalue weighted by Gasteiger charge is 2.14. The number of alkyl halides is 1. The number of aromatic nitrogens is 1. The fraction of sp³-hybridized carbons (Fsp3) is 0.154. The molecule has 4 heteroatoms. The molecule has 1 atom stereocenters. The van der Waals surface area contributed by atoms with Crippen LogP contribution >= 0.6 is 31.9 Å². The first-order chi connectivity index (χ1) is 8.18. The standard InChI is InChI=1S/C13H10Br2FN/c14-11(8-9-4-1-2-7-17-9)10-5-3-6-12(16)13(10)15/h1-7,11H,8H2. The van der Waals surface area contributed by atoms with E-state index in [-0.39, 0.29) is 10.6 Å². The highest BCUT2D eigenvalue weighted by molar-refractivity contribution is 9.11. The van der Waals surface area contributed by atoms with Crippen molar-refractivity contribution in [3.05, 3.63) is 64.1 Å². The van der Waals surface area contributed by atoms with Gasteiger partial charge in [-0.2, -0.15) is 0 Å². The highest BCUT2D eigenvalue weighted by atomic mass is 79.9. The summed E-state index contributed by atoms with van der Waals surface area (Å²) in [6.07, 6.45) is 2.48. The van der Waals surface area contributed by atoms with E-state index in [1.165, 1.54) is 6.07 Å². The molecule has 1 nitrogen and oxygen atoms in total. The van der Waals surface area contributed by atoms with Crippen molar-refractivity contribution in [3.8, 4) is 0 Å². The van der Waals surface area contributed by atoms with Crippen molar-refractivity contribution in [2.75, 3.05) is 0 Å². The van der Waals surface area contributed by atoms with E-state index in [1.807, 2.05) is 24.3 Å². The van der Waals surface area contributed by atoms with Crippen molar-refractivity contribution < 1.29 is 4.39 Å². The number of halogens is 3. The highest BCUT2D eigenvalue weighted by Crippen LogP contribution is 2.33. The minimum absolute atomic E-state index is 0.0440. The quantitative estimate of drug-likeness (QED) is 0.727. The fourth-order valence-corrected chi connectivity index (χ4v) is 3.14. The minimum Gasteiger partial charge on any atom is -0.261 e. The molecule has 0 amide bonds. The van der Waals surface area contributed by atoms with E-state index in [4.69, 9.17) is 0 Å². The largest absolute Gasteiger partial charge is 0.261 e. The van der Waals surface area contributed by atoms with Crippen LogP contribution in [0.1, 0.15) is 16.1 Å². The van der Waals surface area contributed by atoms with Gasteiger partial charge in [0.05, 0.1) is 4.47 Å². The number of hydrogen-bond acceptors (Lipinski definition) is 1. The van der Waals surface area contributed by atoms with Gasteiger partial charge in [-0.25, -0.2) is 4.39 Å². The average molecular weight is 359 g/mol. The zero-order valence-electron chi connectivity index (χ0n) is 8.91. The SMILES string of the molecule is Fc1cccc(C(Br)Cc2ccccn2)c1Br. The van der Waals surface area contributed by atoms with Gasteiger partial charge in [0.1, 0.15) is 5.82 Å². The lowest BCUT2D eigenvalue weighted by atomic mass is 10.1. The van der Waals surface area contributed by atoms with Crippen molar-refractivity contribution >= 4 is 31.9 Å².